The number of hydrogen-bond acceptors (Lipinski definition) is 3. The van der Waals surface area contributed by atoms with E-state index in [-0.39, 0.29) is 5.91 Å². The maximum Gasteiger partial charge on any atom is 0.238 e. The second-order valence-corrected chi connectivity index (χ2v) is 6.88. The summed E-state index contributed by atoms with van der Waals surface area (Å²) in [6.45, 7) is 7.50. The van der Waals surface area contributed by atoms with Gasteiger partial charge in [0.05, 0.1) is 6.54 Å². The molecule has 0 unspecified atom stereocenters. The fourth-order valence-electron chi connectivity index (χ4n) is 3.30. The number of nitrogens with one attached hydrogen (secondary N) is 2. The lowest BCUT2D eigenvalue weighted by Crippen LogP contribution is -2.38. The highest BCUT2D eigenvalue weighted by atomic mass is 16.1. The molecule has 0 aliphatic carbocycles. The van der Waals surface area contributed by atoms with Crippen LogP contribution in [0.1, 0.15) is 23.1 Å². The summed E-state index contributed by atoms with van der Waals surface area (Å²) in [6, 6.07) is 16.9. The molecule has 1 heterocycles. The van der Waals surface area contributed by atoms with Gasteiger partial charge < -0.3 is 10.6 Å². The quantitative estimate of drug-likeness (QED) is 0.851. The molecule has 0 radical (unpaired) electrons. The summed E-state index contributed by atoms with van der Waals surface area (Å²) in [5.41, 5.74) is 4.57. The highest BCUT2D eigenvalue weighted by Crippen LogP contribution is 2.18. The highest BCUT2D eigenvalue weighted by molar-refractivity contribution is 5.93. The van der Waals surface area contributed by atoms with Crippen LogP contribution in [0.3, 0.4) is 0 Å². The van der Waals surface area contributed by atoms with Gasteiger partial charge in [-0.3, -0.25) is 9.69 Å². The van der Waals surface area contributed by atoms with Crippen LogP contribution in [0.4, 0.5) is 5.69 Å². The van der Waals surface area contributed by atoms with Crippen molar-refractivity contribution < 1.29 is 4.79 Å². The number of rotatable bonds is 6. The van der Waals surface area contributed by atoms with Crippen LogP contribution in [-0.4, -0.2) is 36.5 Å². The molecule has 0 bridgehead atoms. The van der Waals surface area contributed by atoms with Crippen molar-refractivity contribution in [3.05, 3.63) is 65.2 Å². The first kappa shape index (κ1) is 17.6. The Morgan fingerprint density at radius 1 is 1.12 bits per heavy atom. The second-order valence-electron chi connectivity index (χ2n) is 6.88. The number of hydrogen-bond donors (Lipinski definition) is 2. The van der Waals surface area contributed by atoms with Crippen molar-refractivity contribution in [2.75, 3.05) is 25.0 Å². The minimum absolute atomic E-state index is 0.0233. The summed E-state index contributed by atoms with van der Waals surface area (Å²) in [4.78, 5) is 14.7. The van der Waals surface area contributed by atoms with Gasteiger partial charge in [-0.05, 0) is 43.0 Å². The minimum atomic E-state index is 0.0233. The van der Waals surface area contributed by atoms with Crippen LogP contribution in [0, 0.1) is 13.8 Å². The van der Waals surface area contributed by atoms with Crippen LogP contribution in [0.2, 0.25) is 0 Å². The number of carbonyl (C=O) groups excluding carboxylic acids is 1. The average Bonchev–Trinajstić information content (AvgIpc) is 3.05. The molecule has 25 heavy (non-hydrogen) atoms. The van der Waals surface area contributed by atoms with Gasteiger partial charge in [0.15, 0.2) is 0 Å². The van der Waals surface area contributed by atoms with Gasteiger partial charge in [0.1, 0.15) is 0 Å². The van der Waals surface area contributed by atoms with E-state index in [1.807, 2.05) is 25.1 Å². The Bertz CT molecular complexity index is 714. The molecule has 3 rings (SSSR count). The van der Waals surface area contributed by atoms with E-state index < -0.39 is 0 Å². The predicted octanol–water partition coefficient (Wildman–Crippen LogP) is 3.11. The molecule has 4 heteroatoms. The topological polar surface area (TPSA) is 44.4 Å². The van der Waals surface area contributed by atoms with Crippen LogP contribution < -0.4 is 10.6 Å². The Balaban J connectivity index is 1.43. The molecule has 0 saturated carbocycles. The number of likely N-dealkylation sites (tertiary alicyclic amines) is 1. The standard InChI is InChI=1S/C21H27N3O/c1-16-7-6-10-20(17(16)2)23-21(25)13-22-19-11-12-24(15-19)14-18-8-4-3-5-9-18/h3-10,19,22H,11-15H2,1-2H3,(H,23,25)/t19-/m1/s1. The Morgan fingerprint density at radius 3 is 2.72 bits per heavy atom. The zero-order valence-corrected chi connectivity index (χ0v) is 15.1. The zero-order chi connectivity index (χ0) is 17.6. The Hall–Kier alpha value is -2.17. The van der Waals surface area contributed by atoms with E-state index in [1.165, 1.54) is 11.1 Å². The van der Waals surface area contributed by atoms with Crippen molar-refractivity contribution >= 4 is 11.6 Å². The van der Waals surface area contributed by atoms with E-state index in [0.29, 0.717) is 12.6 Å². The van der Waals surface area contributed by atoms with Gasteiger partial charge >= 0.3 is 0 Å². The molecule has 1 saturated heterocycles. The fourth-order valence-corrected chi connectivity index (χ4v) is 3.30. The molecule has 1 atom stereocenters. The first-order valence-electron chi connectivity index (χ1n) is 8.97. The Labute approximate surface area is 150 Å². The molecule has 4 nitrogen and oxygen atoms in total. The average molecular weight is 337 g/mol. The molecule has 0 aromatic heterocycles. The van der Waals surface area contributed by atoms with Crippen LogP contribution in [0.15, 0.2) is 48.5 Å². The molecule has 1 amide bonds. The van der Waals surface area contributed by atoms with E-state index in [1.54, 1.807) is 0 Å². The SMILES string of the molecule is Cc1cccc(NC(=O)CN[C@@H]2CCN(Cc3ccccc3)C2)c1C. The van der Waals surface area contributed by atoms with Crippen molar-refractivity contribution in [3.8, 4) is 0 Å². The molecule has 1 aliphatic heterocycles. The van der Waals surface area contributed by atoms with Crippen molar-refractivity contribution in [2.45, 2.75) is 32.9 Å². The number of anilines is 1. The summed E-state index contributed by atoms with van der Waals surface area (Å²) in [6.07, 6.45) is 1.09. The Morgan fingerprint density at radius 2 is 1.92 bits per heavy atom. The van der Waals surface area contributed by atoms with E-state index in [2.05, 4.69) is 52.8 Å². The molecule has 2 aromatic carbocycles. The lowest BCUT2D eigenvalue weighted by molar-refractivity contribution is -0.115. The van der Waals surface area contributed by atoms with E-state index in [9.17, 15) is 4.79 Å². The number of carbonyl (C=O) groups is 1. The summed E-state index contributed by atoms with van der Waals surface area (Å²) >= 11 is 0. The third-order valence-corrected chi connectivity index (χ3v) is 4.95. The molecule has 1 aliphatic rings. The smallest absolute Gasteiger partial charge is 0.238 e. The van der Waals surface area contributed by atoms with E-state index >= 15 is 0 Å². The first-order chi connectivity index (χ1) is 12.1. The maximum absolute atomic E-state index is 12.2. The molecule has 2 N–H and O–H groups in total. The van der Waals surface area contributed by atoms with Crippen LogP contribution in [0.25, 0.3) is 0 Å². The number of nitrogens with zero attached hydrogens (tertiary/aromatic N) is 1. The maximum atomic E-state index is 12.2. The van der Waals surface area contributed by atoms with Gasteiger partial charge in [0.2, 0.25) is 5.91 Å². The van der Waals surface area contributed by atoms with Gasteiger partial charge in [-0.15, -0.1) is 0 Å². The summed E-state index contributed by atoms with van der Waals surface area (Å²) in [5, 5.41) is 6.41. The lowest BCUT2D eigenvalue weighted by Gasteiger charge is -2.17. The predicted molar refractivity (Wildman–Crippen MR) is 103 cm³/mol. The van der Waals surface area contributed by atoms with E-state index in [4.69, 9.17) is 0 Å². The van der Waals surface area contributed by atoms with Crippen molar-refractivity contribution in [1.29, 1.82) is 0 Å². The molecule has 0 spiro atoms. The van der Waals surface area contributed by atoms with Crippen LogP contribution in [-0.2, 0) is 11.3 Å². The molecular weight excluding hydrogens is 310 g/mol. The third kappa shape index (κ3) is 4.91. The summed E-state index contributed by atoms with van der Waals surface area (Å²) < 4.78 is 0. The zero-order valence-electron chi connectivity index (χ0n) is 15.1. The van der Waals surface area contributed by atoms with Gasteiger partial charge in [-0.25, -0.2) is 0 Å². The van der Waals surface area contributed by atoms with Gasteiger partial charge in [0.25, 0.3) is 0 Å². The van der Waals surface area contributed by atoms with Crippen molar-refractivity contribution in [3.63, 3.8) is 0 Å². The van der Waals surface area contributed by atoms with Crippen LogP contribution >= 0.6 is 0 Å². The van der Waals surface area contributed by atoms with Gasteiger partial charge in [-0.2, -0.15) is 0 Å². The monoisotopic (exact) mass is 337 g/mol. The first-order valence-corrected chi connectivity index (χ1v) is 8.97. The van der Waals surface area contributed by atoms with Crippen LogP contribution in [0.5, 0.6) is 0 Å². The fraction of sp³-hybridized carbons (Fsp3) is 0.381. The third-order valence-electron chi connectivity index (χ3n) is 4.95. The number of amides is 1. The van der Waals surface area contributed by atoms with Gasteiger partial charge in [-0.1, -0.05) is 42.5 Å². The summed E-state index contributed by atoms with van der Waals surface area (Å²) in [7, 11) is 0. The second kappa shape index (κ2) is 8.28. The molecule has 2 aromatic rings. The summed E-state index contributed by atoms with van der Waals surface area (Å²) in [5.74, 6) is 0.0233. The van der Waals surface area contributed by atoms with Gasteiger partial charge in [0, 0.05) is 31.4 Å². The van der Waals surface area contributed by atoms with Crippen molar-refractivity contribution in [2.24, 2.45) is 0 Å². The van der Waals surface area contributed by atoms with E-state index in [0.717, 1.165) is 37.3 Å². The Kier molecular flexibility index (Phi) is 5.84. The molecular formula is C21H27N3O. The number of benzene rings is 2. The largest absolute Gasteiger partial charge is 0.325 e. The normalized spacial score (nSPS) is 17.6. The minimum Gasteiger partial charge on any atom is -0.325 e. The highest BCUT2D eigenvalue weighted by Gasteiger charge is 2.22. The molecule has 132 valence electrons. The number of aryl methyl sites for hydroxylation is 1. The van der Waals surface area contributed by atoms with Crippen molar-refractivity contribution in [1.82, 2.24) is 10.2 Å². The molecule has 1 fully saturated rings. The lowest BCUT2D eigenvalue weighted by atomic mass is 10.1.